The Morgan fingerprint density at radius 3 is 2.50 bits per heavy atom. The largest absolute Gasteiger partial charge is 0.494 e. The van der Waals surface area contributed by atoms with E-state index >= 15 is 0 Å². The van der Waals surface area contributed by atoms with Gasteiger partial charge in [-0.2, -0.15) is 0 Å². The van der Waals surface area contributed by atoms with Crippen molar-refractivity contribution in [2.24, 2.45) is 0 Å². The van der Waals surface area contributed by atoms with E-state index in [9.17, 15) is 13.2 Å². The number of amides is 1. The third kappa shape index (κ3) is 3.93. The summed E-state index contributed by atoms with van der Waals surface area (Å²) >= 11 is 1.38. The molecular weight excluding hydrogens is 396 g/mol. The molecule has 2 fully saturated rings. The van der Waals surface area contributed by atoms with Crippen LogP contribution >= 0.6 is 11.3 Å². The first-order valence-electron chi connectivity index (χ1n) is 9.61. The SMILES string of the molecule is CCOc1ccc(-c2nc(C)c(C(=O)N(C3CC3)C3CCS(=O)(=O)C3)s2)cc1. The summed E-state index contributed by atoms with van der Waals surface area (Å²) in [4.78, 5) is 20.4. The number of carbonyl (C=O) groups is 1. The van der Waals surface area contributed by atoms with E-state index in [-0.39, 0.29) is 29.5 Å². The Morgan fingerprint density at radius 2 is 1.93 bits per heavy atom. The van der Waals surface area contributed by atoms with Crippen molar-refractivity contribution in [1.29, 1.82) is 0 Å². The Kier molecular flexibility index (Phi) is 5.18. The van der Waals surface area contributed by atoms with Crippen LogP contribution in [0.1, 0.15) is 41.6 Å². The highest BCUT2D eigenvalue weighted by Gasteiger charge is 2.43. The van der Waals surface area contributed by atoms with Crippen LogP contribution in [0.4, 0.5) is 0 Å². The van der Waals surface area contributed by atoms with E-state index < -0.39 is 9.84 Å². The van der Waals surface area contributed by atoms with E-state index in [0.29, 0.717) is 23.6 Å². The summed E-state index contributed by atoms with van der Waals surface area (Å²) in [5.74, 6) is 0.988. The molecule has 0 radical (unpaired) electrons. The minimum Gasteiger partial charge on any atom is -0.494 e. The van der Waals surface area contributed by atoms with Gasteiger partial charge in [0.1, 0.15) is 15.6 Å². The average molecular weight is 421 g/mol. The summed E-state index contributed by atoms with van der Waals surface area (Å²) in [6.45, 7) is 4.40. The zero-order chi connectivity index (χ0) is 19.9. The number of ether oxygens (including phenoxy) is 1. The van der Waals surface area contributed by atoms with Crippen LogP contribution < -0.4 is 4.74 Å². The summed E-state index contributed by atoms with van der Waals surface area (Å²) in [6.07, 6.45) is 2.44. The van der Waals surface area contributed by atoms with Crippen molar-refractivity contribution < 1.29 is 17.9 Å². The maximum absolute atomic E-state index is 13.3. The molecule has 28 heavy (non-hydrogen) atoms. The van der Waals surface area contributed by atoms with Gasteiger partial charge in [0.05, 0.1) is 23.8 Å². The number of thiazole rings is 1. The van der Waals surface area contributed by atoms with E-state index in [1.54, 1.807) is 0 Å². The van der Waals surface area contributed by atoms with E-state index in [1.807, 2.05) is 43.0 Å². The van der Waals surface area contributed by atoms with Crippen LogP contribution in [0.3, 0.4) is 0 Å². The standard InChI is InChI=1S/C20H24N2O4S2/c1-3-26-17-8-4-14(5-9-17)19-21-13(2)18(27-19)20(23)22(15-6-7-15)16-10-11-28(24,25)12-16/h4-5,8-9,15-16H,3,6-7,10-12H2,1-2H3. The van der Waals surface area contributed by atoms with Gasteiger partial charge in [0.25, 0.3) is 5.91 Å². The second-order valence-electron chi connectivity index (χ2n) is 7.39. The first-order valence-corrected chi connectivity index (χ1v) is 12.3. The molecule has 4 rings (SSSR count). The van der Waals surface area contributed by atoms with E-state index in [0.717, 1.165) is 29.2 Å². The van der Waals surface area contributed by atoms with Gasteiger partial charge in [-0.3, -0.25) is 4.79 Å². The highest BCUT2D eigenvalue weighted by atomic mass is 32.2. The molecule has 1 aromatic heterocycles. The topological polar surface area (TPSA) is 76.6 Å². The lowest BCUT2D eigenvalue weighted by Gasteiger charge is -2.28. The van der Waals surface area contributed by atoms with Crippen molar-refractivity contribution in [3.05, 3.63) is 34.8 Å². The first-order chi connectivity index (χ1) is 13.4. The molecule has 1 aliphatic heterocycles. The van der Waals surface area contributed by atoms with Crippen molar-refractivity contribution >= 4 is 27.1 Å². The number of carbonyl (C=O) groups excluding carboxylic acids is 1. The molecule has 6 nitrogen and oxygen atoms in total. The van der Waals surface area contributed by atoms with Crippen LogP contribution in [0, 0.1) is 6.92 Å². The first kappa shape index (κ1) is 19.4. The molecule has 1 amide bonds. The summed E-state index contributed by atoms with van der Waals surface area (Å²) in [5.41, 5.74) is 1.64. The fourth-order valence-electron chi connectivity index (χ4n) is 3.67. The molecule has 2 aliphatic rings. The van der Waals surface area contributed by atoms with Gasteiger partial charge >= 0.3 is 0 Å². The molecule has 1 unspecified atom stereocenters. The zero-order valence-electron chi connectivity index (χ0n) is 16.1. The van der Waals surface area contributed by atoms with Crippen LogP contribution in [0.15, 0.2) is 24.3 Å². The maximum atomic E-state index is 13.3. The Hall–Kier alpha value is -1.93. The van der Waals surface area contributed by atoms with Crippen LogP contribution in [0.25, 0.3) is 10.6 Å². The van der Waals surface area contributed by atoms with Gasteiger partial charge in [-0.25, -0.2) is 13.4 Å². The summed E-state index contributed by atoms with van der Waals surface area (Å²) < 4.78 is 29.3. The molecule has 150 valence electrons. The number of hydrogen-bond acceptors (Lipinski definition) is 6. The lowest BCUT2D eigenvalue weighted by molar-refractivity contribution is 0.0685. The molecule has 2 heterocycles. The van der Waals surface area contributed by atoms with Gasteiger partial charge in [0, 0.05) is 17.6 Å². The Balaban J connectivity index is 1.59. The van der Waals surface area contributed by atoms with Gasteiger partial charge in [-0.05, 0) is 57.4 Å². The highest BCUT2D eigenvalue weighted by molar-refractivity contribution is 7.91. The third-order valence-electron chi connectivity index (χ3n) is 5.18. The number of rotatable bonds is 6. The Bertz CT molecular complexity index is 978. The molecule has 8 heteroatoms. The van der Waals surface area contributed by atoms with E-state index in [2.05, 4.69) is 4.98 Å². The van der Waals surface area contributed by atoms with Gasteiger partial charge in [-0.1, -0.05) is 0 Å². The number of aryl methyl sites for hydroxylation is 1. The number of sulfone groups is 1. The number of hydrogen-bond donors (Lipinski definition) is 0. The molecular formula is C20H24N2O4S2. The van der Waals surface area contributed by atoms with Crippen molar-refractivity contribution in [2.75, 3.05) is 18.1 Å². The van der Waals surface area contributed by atoms with Gasteiger partial charge in [0.15, 0.2) is 9.84 Å². The van der Waals surface area contributed by atoms with E-state index in [4.69, 9.17) is 4.74 Å². The lowest BCUT2D eigenvalue weighted by Crippen LogP contribution is -2.42. The summed E-state index contributed by atoms with van der Waals surface area (Å²) in [6, 6.07) is 7.65. The van der Waals surface area contributed by atoms with Gasteiger partial charge in [-0.15, -0.1) is 11.3 Å². The minimum absolute atomic E-state index is 0.0724. The van der Waals surface area contributed by atoms with Crippen LogP contribution in [-0.4, -0.2) is 54.4 Å². The van der Waals surface area contributed by atoms with Crippen molar-refractivity contribution in [2.45, 2.75) is 45.2 Å². The number of benzene rings is 1. The molecule has 2 aromatic rings. The average Bonchev–Trinajstić information content (AvgIpc) is 3.31. The molecule has 1 aliphatic carbocycles. The molecule has 1 aromatic carbocycles. The van der Waals surface area contributed by atoms with Gasteiger partial charge in [0.2, 0.25) is 0 Å². The fourth-order valence-corrected chi connectivity index (χ4v) is 6.40. The lowest BCUT2D eigenvalue weighted by atomic mass is 10.2. The molecule has 0 N–H and O–H groups in total. The Morgan fingerprint density at radius 1 is 1.21 bits per heavy atom. The third-order valence-corrected chi connectivity index (χ3v) is 8.12. The number of nitrogens with zero attached hydrogens (tertiary/aromatic N) is 2. The summed E-state index contributed by atoms with van der Waals surface area (Å²) in [7, 11) is -3.04. The normalized spacial score (nSPS) is 20.9. The maximum Gasteiger partial charge on any atom is 0.266 e. The second-order valence-corrected chi connectivity index (χ2v) is 10.6. The van der Waals surface area contributed by atoms with Crippen LogP contribution in [0.2, 0.25) is 0 Å². The van der Waals surface area contributed by atoms with Crippen molar-refractivity contribution in [3.8, 4) is 16.3 Å². The fraction of sp³-hybridized carbons (Fsp3) is 0.500. The smallest absolute Gasteiger partial charge is 0.266 e. The quantitative estimate of drug-likeness (QED) is 0.717. The zero-order valence-corrected chi connectivity index (χ0v) is 17.7. The highest BCUT2D eigenvalue weighted by Crippen LogP contribution is 2.36. The molecule has 0 bridgehead atoms. The monoisotopic (exact) mass is 420 g/mol. The van der Waals surface area contributed by atoms with E-state index in [1.165, 1.54) is 11.3 Å². The van der Waals surface area contributed by atoms with Gasteiger partial charge < -0.3 is 9.64 Å². The molecule has 0 spiro atoms. The molecule has 1 saturated heterocycles. The van der Waals surface area contributed by atoms with Crippen molar-refractivity contribution in [3.63, 3.8) is 0 Å². The Labute approximate surface area is 169 Å². The number of aromatic nitrogens is 1. The van der Waals surface area contributed by atoms with Crippen LogP contribution in [-0.2, 0) is 9.84 Å². The molecule has 1 atom stereocenters. The predicted octanol–water partition coefficient (Wildman–Crippen LogP) is 3.31. The summed E-state index contributed by atoms with van der Waals surface area (Å²) in [5, 5.41) is 0.790. The predicted molar refractivity (Wildman–Crippen MR) is 110 cm³/mol. The second kappa shape index (κ2) is 7.48. The van der Waals surface area contributed by atoms with Crippen molar-refractivity contribution in [1.82, 2.24) is 9.88 Å². The molecule has 1 saturated carbocycles. The van der Waals surface area contributed by atoms with Crippen LogP contribution in [0.5, 0.6) is 5.75 Å². The minimum atomic E-state index is -3.04.